The van der Waals surface area contributed by atoms with Crippen LogP contribution in [-0.4, -0.2) is 56.7 Å². The first-order valence-electron chi connectivity index (χ1n) is 7.44. The zero-order valence-corrected chi connectivity index (χ0v) is 13.3. The zero-order valence-electron chi connectivity index (χ0n) is 12.5. The Labute approximate surface area is 136 Å². The second-order valence-corrected chi connectivity index (χ2v) is 5.29. The van der Waals surface area contributed by atoms with Crippen LogP contribution in [0.4, 0.5) is 5.69 Å². The molecule has 0 aromatic heterocycles. The summed E-state index contributed by atoms with van der Waals surface area (Å²) in [5, 5.41) is 6.25. The number of nitrogens with zero attached hydrogens (tertiary/aromatic N) is 1. The average molecular weight is 328 g/mol. The van der Waals surface area contributed by atoms with Gasteiger partial charge in [0, 0.05) is 24.8 Å². The van der Waals surface area contributed by atoms with E-state index in [1.54, 1.807) is 0 Å². The van der Waals surface area contributed by atoms with Gasteiger partial charge in [-0.3, -0.25) is 9.69 Å². The molecule has 1 amide bonds. The van der Waals surface area contributed by atoms with E-state index in [0.717, 1.165) is 44.0 Å². The van der Waals surface area contributed by atoms with Crippen molar-refractivity contribution in [2.24, 2.45) is 0 Å². The number of rotatable bonds is 3. The summed E-state index contributed by atoms with van der Waals surface area (Å²) in [7, 11) is 0. The SMILES string of the molecule is Cl.O=C(CN1CCCNCC1)Nc1ccc2c(c1)OCCO2. The van der Waals surface area contributed by atoms with Gasteiger partial charge in [-0.2, -0.15) is 0 Å². The minimum Gasteiger partial charge on any atom is -0.486 e. The number of fused-ring (bicyclic) bond motifs is 1. The molecular weight excluding hydrogens is 306 g/mol. The van der Waals surface area contributed by atoms with E-state index in [9.17, 15) is 4.79 Å². The van der Waals surface area contributed by atoms with E-state index in [1.165, 1.54) is 0 Å². The van der Waals surface area contributed by atoms with Crippen LogP contribution in [0.15, 0.2) is 18.2 Å². The minimum atomic E-state index is 0. The maximum Gasteiger partial charge on any atom is 0.238 e. The summed E-state index contributed by atoms with van der Waals surface area (Å²) in [5.41, 5.74) is 0.747. The van der Waals surface area contributed by atoms with Crippen molar-refractivity contribution in [3.8, 4) is 11.5 Å². The zero-order chi connectivity index (χ0) is 14.5. The number of anilines is 1. The molecule has 122 valence electrons. The largest absolute Gasteiger partial charge is 0.486 e. The smallest absolute Gasteiger partial charge is 0.238 e. The van der Waals surface area contributed by atoms with Crippen LogP contribution >= 0.6 is 12.4 Å². The predicted molar refractivity (Wildman–Crippen MR) is 87.2 cm³/mol. The highest BCUT2D eigenvalue weighted by Gasteiger charge is 2.15. The van der Waals surface area contributed by atoms with Gasteiger partial charge in [-0.15, -0.1) is 12.4 Å². The highest BCUT2D eigenvalue weighted by Crippen LogP contribution is 2.32. The van der Waals surface area contributed by atoms with Crippen LogP contribution in [0.5, 0.6) is 11.5 Å². The summed E-state index contributed by atoms with van der Waals surface area (Å²) in [6, 6.07) is 5.49. The van der Waals surface area contributed by atoms with Gasteiger partial charge in [-0.25, -0.2) is 0 Å². The maximum absolute atomic E-state index is 12.1. The molecule has 1 aromatic rings. The average Bonchev–Trinajstić information content (AvgIpc) is 2.75. The number of carbonyl (C=O) groups excluding carboxylic acids is 1. The van der Waals surface area contributed by atoms with Gasteiger partial charge in [-0.1, -0.05) is 0 Å². The number of ether oxygens (including phenoxy) is 2. The van der Waals surface area contributed by atoms with Gasteiger partial charge >= 0.3 is 0 Å². The number of benzene rings is 1. The Kier molecular flexibility index (Phi) is 6.30. The van der Waals surface area contributed by atoms with Crippen LogP contribution in [0.2, 0.25) is 0 Å². The Morgan fingerprint density at radius 1 is 1.18 bits per heavy atom. The molecule has 2 aliphatic heterocycles. The first kappa shape index (κ1) is 16.9. The highest BCUT2D eigenvalue weighted by molar-refractivity contribution is 5.92. The van der Waals surface area contributed by atoms with Gasteiger partial charge in [0.25, 0.3) is 0 Å². The van der Waals surface area contributed by atoms with E-state index < -0.39 is 0 Å². The molecule has 0 bridgehead atoms. The fourth-order valence-corrected chi connectivity index (χ4v) is 2.58. The van der Waals surface area contributed by atoms with Crippen molar-refractivity contribution >= 4 is 24.0 Å². The summed E-state index contributed by atoms with van der Waals surface area (Å²) in [6.07, 6.45) is 1.08. The molecule has 0 saturated carbocycles. The number of hydrogen-bond donors (Lipinski definition) is 2. The van der Waals surface area contributed by atoms with E-state index in [-0.39, 0.29) is 18.3 Å². The van der Waals surface area contributed by atoms with Gasteiger partial charge in [-0.05, 0) is 31.6 Å². The molecule has 0 aliphatic carbocycles. The van der Waals surface area contributed by atoms with Crippen LogP contribution in [0.1, 0.15) is 6.42 Å². The van der Waals surface area contributed by atoms with Crippen molar-refractivity contribution in [3.05, 3.63) is 18.2 Å². The second-order valence-electron chi connectivity index (χ2n) is 5.29. The van der Waals surface area contributed by atoms with E-state index in [4.69, 9.17) is 9.47 Å². The van der Waals surface area contributed by atoms with Crippen LogP contribution in [0.3, 0.4) is 0 Å². The molecule has 0 unspecified atom stereocenters. The second kappa shape index (κ2) is 8.22. The van der Waals surface area contributed by atoms with Gasteiger partial charge in [0.05, 0.1) is 6.54 Å². The summed E-state index contributed by atoms with van der Waals surface area (Å²) in [4.78, 5) is 14.3. The number of nitrogens with one attached hydrogen (secondary N) is 2. The monoisotopic (exact) mass is 327 g/mol. The Bertz CT molecular complexity index is 505. The van der Waals surface area contributed by atoms with Crippen LogP contribution < -0.4 is 20.1 Å². The van der Waals surface area contributed by atoms with Gasteiger partial charge in [0.15, 0.2) is 11.5 Å². The summed E-state index contributed by atoms with van der Waals surface area (Å²) >= 11 is 0. The van der Waals surface area contributed by atoms with E-state index >= 15 is 0 Å². The Morgan fingerprint density at radius 3 is 2.86 bits per heavy atom. The van der Waals surface area contributed by atoms with Gasteiger partial charge in [0.1, 0.15) is 13.2 Å². The molecule has 2 N–H and O–H groups in total. The topological polar surface area (TPSA) is 62.8 Å². The molecule has 1 saturated heterocycles. The van der Waals surface area contributed by atoms with E-state index in [2.05, 4.69) is 15.5 Å². The van der Waals surface area contributed by atoms with Crippen molar-refractivity contribution in [1.82, 2.24) is 10.2 Å². The number of amides is 1. The highest BCUT2D eigenvalue weighted by atomic mass is 35.5. The van der Waals surface area contributed by atoms with Crippen molar-refractivity contribution in [2.75, 3.05) is 51.3 Å². The van der Waals surface area contributed by atoms with Crippen molar-refractivity contribution in [3.63, 3.8) is 0 Å². The molecule has 0 radical (unpaired) electrons. The van der Waals surface area contributed by atoms with E-state index in [1.807, 2.05) is 18.2 Å². The Hall–Kier alpha value is -1.50. The van der Waals surface area contributed by atoms with Crippen molar-refractivity contribution in [2.45, 2.75) is 6.42 Å². The van der Waals surface area contributed by atoms with Crippen LogP contribution in [-0.2, 0) is 4.79 Å². The summed E-state index contributed by atoms with van der Waals surface area (Å²) < 4.78 is 11.0. The molecule has 6 nitrogen and oxygen atoms in total. The Balaban J connectivity index is 0.00000176. The Morgan fingerprint density at radius 2 is 2.00 bits per heavy atom. The molecule has 22 heavy (non-hydrogen) atoms. The fraction of sp³-hybridized carbons (Fsp3) is 0.533. The standard InChI is InChI=1S/C15H21N3O3.ClH/c19-15(11-18-6-1-4-16-5-7-18)17-12-2-3-13-14(10-12)21-9-8-20-13;/h2-3,10,16H,1,4-9,11H2,(H,17,19);1H. The lowest BCUT2D eigenvalue weighted by atomic mass is 10.2. The van der Waals surface area contributed by atoms with E-state index in [0.29, 0.717) is 25.5 Å². The van der Waals surface area contributed by atoms with Crippen LogP contribution in [0.25, 0.3) is 0 Å². The fourth-order valence-electron chi connectivity index (χ4n) is 2.58. The maximum atomic E-state index is 12.1. The molecule has 1 fully saturated rings. The third kappa shape index (κ3) is 4.50. The third-order valence-electron chi connectivity index (χ3n) is 3.63. The lowest BCUT2D eigenvalue weighted by Gasteiger charge is -2.20. The number of halogens is 1. The summed E-state index contributed by atoms with van der Waals surface area (Å²) in [6.45, 7) is 5.39. The number of carbonyl (C=O) groups is 1. The third-order valence-corrected chi connectivity index (χ3v) is 3.63. The molecule has 2 heterocycles. The number of hydrogen-bond acceptors (Lipinski definition) is 5. The molecular formula is C15H22ClN3O3. The van der Waals surface area contributed by atoms with Gasteiger partial charge < -0.3 is 20.1 Å². The lowest BCUT2D eigenvalue weighted by Crippen LogP contribution is -2.35. The van der Waals surface area contributed by atoms with Crippen LogP contribution in [0, 0.1) is 0 Å². The molecule has 3 rings (SSSR count). The first-order chi connectivity index (χ1) is 10.3. The normalized spacial score (nSPS) is 18.0. The minimum absolute atomic E-state index is 0. The molecule has 7 heteroatoms. The summed E-state index contributed by atoms with van der Waals surface area (Å²) in [5.74, 6) is 1.43. The van der Waals surface area contributed by atoms with Gasteiger partial charge in [0.2, 0.25) is 5.91 Å². The first-order valence-corrected chi connectivity index (χ1v) is 7.44. The quantitative estimate of drug-likeness (QED) is 0.871. The molecule has 2 aliphatic rings. The van der Waals surface area contributed by atoms with Crippen molar-refractivity contribution in [1.29, 1.82) is 0 Å². The molecule has 1 aromatic carbocycles. The predicted octanol–water partition coefficient (Wildman–Crippen LogP) is 1.11. The van der Waals surface area contributed by atoms with Crippen molar-refractivity contribution < 1.29 is 14.3 Å². The molecule has 0 spiro atoms. The molecule has 0 atom stereocenters. The lowest BCUT2D eigenvalue weighted by molar-refractivity contribution is -0.117.